The normalized spacial score (nSPS) is 18.1. The molecule has 1 saturated heterocycles. The molecule has 1 aliphatic rings. The van der Waals surface area contributed by atoms with Crippen LogP contribution in [0.15, 0.2) is 41.3 Å². The van der Waals surface area contributed by atoms with Crippen molar-refractivity contribution in [2.75, 3.05) is 13.1 Å². The maximum Gasteiger partial charge on any atom is 0.232 e. The number of likely N-dealkylation sites (tertiary alicyclic amines) is 1. The summed E-state index contributed by atoms with van der Waals surface area (Å²) in [4.78, 5) is 11.5. The first-order valence-electron chi connectivity index (χ1n) is 10.7. The van der Waals surface area contributed by atoms with Crippen molar-refractivity contribution in [1.82, 2.24) is 24.6 Å². The second-order valence-corrected chi connectivity index (χ2v) is 8.97. The minimum atomic E-state index is -0.213. The van der Waals surface area contributed by atoms with E-state index in [9.17, 15) is 4.39 Å². The Morgan fingerprint density at radius 2 is 1.83 bits per heavy atom. The lowest BCUT2D eigenvalue weighted by Gasteiger charge is -2.37. The third-order valence-corrected chi connectivity index (χ3v) is 6.34. The Morgan fingerprint density at radius 3 is 2.47 bits per heavy atom. The van der Waals surface area contributed by atoms with Gasteiger partial charge < -0.3 is 9.09 Å². The number of rotatable bonds is 6. The van der Waals surface area contributed by atoms with Gasteiger partial charge >= 0.3 is 0 Å². The predicted molar refractivity (Wildman–Crippen MR) is 113 cm³/mol. The Morgan fingerprint density at radius 1 is 1.13 bits per heavy atom. The molecule has 0 aliphatic carbocycles. The standard InChI is InChI=1S/C23H30FN5O/c1-16(2)21-26-22(30-27-21)23(4)9-11-28(12-10-23)14-20-13-25-15-29(20)17(3)18-5-7-19(24)8-6-18/h5-8,13,15-17H,9-12,14H2,1-4H3. The Kier molecular flexibility index (Phi) is 5.73. The van der Waals surface area contributed by atoms with Crippen LogP contribution in [0.25, 0.3) is 0 Å². The van der Waals surface area contributed by atoms with Crippen molar-refractivity contribution in [3.8, 4) is 0 Å². The summed E-state index contributed by atoms with van der Waals surface area (Å²) in [6.07, 6.45) is 5.76. The second-order valence-electron chi connectivity index (χ2n) is 8.97. The van der Waals surface area contributed by atoms with Gasteiger partial charge in [0.05, 0.1) is 18.1 Å². The fraction of sp³-hybridized carbons (Fsp3) is 0.522. The Bertz CT molecular complexity index is 970. The summed E-state index contributed by atoms with van der Waals surface area (Å²) < 4.78 is 21.0. The van der Waals surface area contributed by atoms with Gasteiger partial charge in [-0.2, -0.15) is 4.98 Å². The molecular formula is C23H30FN5O. The SMILES string of the molecule is CC(C)c1noc(C2(C)CCN(Cc3cncn3C(C)c3ccc(F)cc3)CC2)n1. The van der Waals surface area contributed by atoms with Gasteiger partial charge in [0, 0.05) is 24.1 Å². The molecule has 0 N–H and O–H groups in total. The van der Waals surface area contributed by atoms with Crippen molar-refractivity contribution in [3.63, 3.8) is 0 Å². The van der Waals surface area contributed by atoms with E-state index in [1.54, 1.807) is 0 Å². The average molecular weight is 412 g/mol. The third kappa shape index (κ3) is 4.17. The first kappa shape index (κ1) is 20.7. The van der Waals surface area contributed by atoms with Gasteiger partial charge in [0.2, 0.25) is 5.89 Å². The lowest BCUT2D eigenvalue weighted by atomic mass is 9.80. The Balaban J connectivity index is 1.41. The van der Waals surface area contributed by atoms with E-state index < -0.39 is 0 Å². The molecule has 3 aromatic rings. The molecule has 0 amide bonds. The monoisotopic (exact) mass is 411 g/mol. The van der Waals surface area contributed by atoms with Gasteiger partial charge in [-0.15, -0.1) is 0 Å². The van der Waals surface area contributed by atoms with E-state index in [1.807, 2.05) is 24.7 Å². The molecule has 1 fully saturated rings. The van der Waals surface area contributed by atoms with E-state index in [1.165, 1.54) is 12.1 Å². The van der Waals surface area contributed by atoms with Crippen LogP contribution < -0.4 is 0 Å². The second kappa shape index (κ2) is 8.30. The number of hydrogen-bond acceptors (Lipinski definition) is 5. The molecule has 1 atom stereocenters. The molecule has 1 unspecified atom stereocenters. The smallest absolute Gasteiger partial charge is 0.232 e. The van der Waals surface area contributed by atoms with Gasteiger partial charge in [-0.25, -0.2) is 9.37 Å². The van der Waals surface area contributed by atoms with Crippen LogP contribution >= 0.6 is 0 Å². The molecule has 2 aromatic heterocycles. The summed E-state index contributed by atoms with van der Waals surface area (Å²) in [7, 11) is 0. The third-order valence-electron chi connectivity index (χ3n) is 6.34. The molecule has 0 spiro atoms. The molecule has 30 heavy (non-hydrogen) atoms. The van der Waals surface area contributed by atoms with E-state index in [0.29, 0.717) is 0 Å². The number of nitrogens with zero attached hydrogens (tertiary/aromatic N) is 5. The number of aromatic nitrogens is 4. The molecule has 3 heterocycles. The minimum absolute atomic E-state index is 0.0711. The highest BCUT2D eigenvalue weighted by Gasteiger charge is 2.37. The zero-order chi connectivity index (χ0) is 21.3. The number of piperidine rings is 1. The van der Waals surface area contributed by atoms with Gasteiger partial charge in [-0.1, -0.05) is 38.1 Å². The van der Waals surface area contributed by atoms with Gasteiger partial charge in [-0.3, -0.25) is 4.90 Å². The molecule has 0 saturated carbocycles. The van der Waals surface area contributed by atoms with Gasteiger partial charge in [0.15, 0.2) is 5.82 Å². The Labute approximate surface area is 177 Å². The van der Waals surface area contributed by atoms with E-state index >= 15 is 0 Å². The van der Waals surface area contributed by atoms with Crippen molar-refractivity contribution in [2.45, 2.75) is 64.5 Å². The lowest BCUT2D eigenvalue weighted by Crippen LogP contribution is -2.41. The zero-order valence-corrected chi connectivity index (χ0v) is 18.2. The van der Waals surface area contributed by atoms with Crippen molar-refractivity contribution < 1.29 is 8.91 Å². The lowest BCUT2D eigenvalue weighted by molar-refractivity contribution is 0.135. The summed E-state index contributed by atoms with van der Waals surface area (Å²) in [6, 6.07) is 6.80. The van der Waals surface area contributed by atoms with Crippen LogP contribution in [0.4, 0.5) is 4.39 Å². The van der Waals surface area contributed by atoms with Gasteiger partial charge in [0.25, 0.3) is 0 Å². The molecule has 6 nitrogen and oxygen atoms in total. The zero-order valence-electron chi connectivity index (χ0n) is 18.2. The molecule has 7 heteroatoms. The van der Waals surface area contributed by atoms with Crippen molar-refractivity contribution in [3.05, 3.63) is 65.6 Å². The highest BCUT2D eigenvalue weighted by Crippen LogP contribution is 2.35. The summed E-state index contributed by atoms with van der Waals surface area (Å²) in [5, 5.41) is 4.15. The van der Waals surface area contributed by atoms with Crippen molar-refractivity contribution >= 4 is 0 Å². The van der Waals surface area contributed by atoms with Crippen LogP contribution in [0, 0.1) is 5.82 Å². The van der Waals surface area contributed by atoms with Gasteiger partial charge in [0.1, 0.15) is 5.82 Å². The summed E-state index contributed by atoms with van der Waals surface area (Å²) in [5.74, 6) is 1.61. The first-order valence-corrected chi connectivity index (χ1v) is 10.7. The highest BCUT2D eigenvalue weighted by molar-refractivity contribution is 5.21. The van der Waals surface area contributed by atoms with Crippen LogP contribution in [-0.2, 0) is 12.0 Å². The van der Waals surface area contributed by atoms with Crippen LogP contribution in [0.1, 0.15) is 75.5 Å². The van der Waals surface area contributed by atoms with Crippen LogP contribution in [0.3, 0.4) is 0 Å². The van der Waals surface area contributed by atoms with E-state index in [2.05, 4.69) is 52.3 Å². The average Bonchev–Trinajstić information content (AvgIpc) is 3.40. The molecular weight excluding hydrogens is 381 g/mol. The molecule has 1 aliphatic heterocycles. The quantitative estimate of drug-likeness (QED) is 0.589. The summed E-state index contributed by atoms with van der Waals surface area (Å²) in [6.45, 7) is 11.3. The van der Waals surface area contributed by atoms with Gasteiger partial charge in [-0.05, 0) is 50.6 Å². The number of halogens is 1. The van der Waals surface area contributed by atoms with E-state index in [0.717, 1.165) is 55.4 Å². The summed E-state index contributed by atoms with van der Waals surface area (Å²) in [5.41, 5.74) is 2.16. The molecule has 0 bridgehead atoms. The number of hydrogen-bond donors (Lipinski definition) is 0. The highest BCUT2D eigenvalue weighted by atomic mass is 19.1. The van der Waals surface area contributed by atoms with Crippen LogP contribution in [-0.4, -0.2) is 37.7 Å². The predicted octanol–water partition coefficient (Wildman–Crippen LogP) is 4.69. The number of benzene rings is 1. The number of imidazole rings is 1. The molecule has 4 rings (SSSR count). The van der Waals surface area contributed by atoms with Crippen molar-refractivity contribution in [1.29, 1.82) is 0 Å². The summed E-state index contributed by atoms with van der Waals surface area (Å²) >= 11 is 0. The fourth-order valence-electron chi connectivity index (χ4n) is 4.07. The van der Waals surface area contributed by atoms with E-state index in [4.69, 9.17) is 4.52 Å². The molecule has 0 radical (unpaired) electrons. The van der Waals surface area contributed by atoms with Crippen LogP contribution in [0.5, 0.6) is 0 Å². The minimum Gasteiger partial charge on any atom is -0.339 e. The maximum absolute atomic E-state index is 13.3. The fourth-order valence-corrected chi connectivity index (χ4v) is 4.07. The Hall–Kier alpha value is -2.54. The first-order chi connectivity index (χ1) is 14.4. The van der Waals surface area contributed by atoms with E-state index in [-0.39, 0.29) is 23.2 Å². The van der Waals surface area contributed by atoms with Crippen molar-refractivity contribution in [2.24, 2.45) is 0 Å². The molecule has 1 aromatic carbocycles. The van der Waals surface area contributed by atoms with Crippen LogP contribution in [0.2, 0.25) is 0 Å². The largest absolute Gasteiger partial charge is 0.339 e. The topological polar surface area (TPSA) is 60.0 Å². The maximum atomic E-state index is 13.3. The molecule has 160 valence electrons.